The molecule has 0 fully saturated rings. The van der Waals surface area contributed by atoms with Crippen LogP contribution in [0.15, 0.2) is 23.8 Å². The maximum Gasteiger partial charge on any atom is 0.239 e. The molecule has 0 heterocycles. The smallest absolute Gasteiger partial charge is 0.239 e. The third-order valence-electron chi connectivity index (χ3n) is 4.42. The van der Waals surface area contributed by atoms with Gasteiger partial charge in [-0.15, -0.1) is 0 Å². The van der Waals surface area contributed by atoms with Gasteiger partial charge in [-0.05, 0) is 37.0 Å². The molecule has 1 atom stereocenters. The molecule has 1 unspecified atom stereocenters. The Bertz CT molecular complexity index is 856. The van der Waals surface area contributed by atoms with Gasteiger partial charge in [0.25, 0.3) is 0 Å². The number of carbonyl (C=O) groups excluding carboxylic acids is 4. The van der Waals surface area contributed by atoms with E-state index >= 15 is 0 Å². The number of nitrogens with one attached hydrogen (secondary N) is 2. The van der Waals surface area contributed by atoms with Gasteiger partial charge in [-0.1, -0.05) is 13.8 Å². The monoisotopic (exact) mass is 388 g/mol. The lowest BCUT2D eigenvalue weighted by Gasteiger charge is -2.25. The lowest BCUT2D eigenvalue weighted by Crippen LogP contribution is -2.44. The van der Waals surface area contributed by atoms with Crippen LogP contribution in [0.3, 0.4) is 0 Å². The minimum atomic E-state index is -0.769. The minimum absolute atomic E-state index is 0.0372. The second-order valence-corrected chi connectivity index (χ2v) is 7.15. The Balaban J connectivity index is 2.35. The van der Waals surface area contributed by atoms with Gasteiger partial charge in [0, 0.05) is 12.5 Å². The number of phenolic OH excluding ortho intramolecular Hbond substituents is 2. The van der Waals surface area contributed by atoms with E-state index in [4.69, 9.17) is 0 Å². The first-order valence-electron chi connectivity index (χ1n) is 9.01. The van der Waals surface area contributed by atoms with Crippen molar-refractivity contribution < 1.29 is 29.4 Å². The lowest BCUT2D eigenvalue weighted by atomic mass is 9.83. The normalized spacial score (nSPS) is 14.4. The number of phenols is 2. The number of fused-ring (bicyclic) bond motifs is 1. The number of aromatic hydroxyl groups is 2. The Morgan fingerprint density at radius 1 is 1.04 bits per heavy atom. The second kappa shape index (κ2) is 8.69. The van der Waals surface area contributed by atoms with Crippen LogP contribution >= 0.6 is 0 Å². The molecule has 0 spiro atoms. The highest BCUT2D eigenvalue weighted by Crippen LogP contribution is 2.36. The zero-order chi connectivity index (χ0) is 21.0. The number of Topliss-reactive ketones (excluding diaryl/α,β-unsaturated/α-hetero) is 1. The molecule has 2 amide bonds. The van der Waals surface area contributed by atoms with E-state index in [-0.39, 0.29) is 35.1 Å². The summed E-state index contributed by atoms with van der Waals surface area (Å²) in [7, 11) is 0. The third-order valence-corrected chi connectivity index (χ3v) is 4.42. The van der Waals surface area contributed by atoms with Crippen molar-refractivity contribution in [1.29, 1.82) is 0 Å². The number of benzene rings is 1. The molecule has 0 radical (unpaired) electrons. The molecule has 0 saturated heterocycles. The fraction of sp³-hybridized carbons (Fsp3) is 0.400. The van der Waals surface area contributed by atoms with Crippen LogP contribution in [0, 0.1) is 5.92 Å². The Kier molecular flexibility index (Phi) is 6.56. The summed E-state index contributed by atoms with van der Waals surface area (Å²) < 4.78 is 0. The molecule has 0 aromatic heterocycles. The van der Waals surface area contributed by atoms with Crippen LogP contribution in [0.2, 0.25) is 0 Å². The first-order chi connectivity index (χ1) is 13.1. The van der Waals surface area contributed by atoms with Crippen LogP contribution in [0.1, 0.15) is 54.3 Å². The fourth-order valence-corrected chi connectivity index (χ4v) is 3.00. The van der Waals surface area contributed by atoms with Crippen molar-refractivity contribution in [3.8, 4) is 11.5 Å². The summed E-state index contributed by atoms with van der Waals surface area (Å²) in [5.74, 6) is -2.64. The first-order valence-corrected chi connectivity index (χ1v) is 9.01. The summed E-state index contributed by atoms with van der Waals surface area (Å²) in [6.07, 6.45) is 2.15. The van der Waals surface area contributed by atoms with E-state index in [0.717, 1.165) is 18.2 Å². The standard InChI is InChI=1S/C20H24N2O6/c1-10(2)4-5-13(22-17(27)9-21-11(3)23)12-8-16(26)18-14(24)6-7-15(25)19(18)20(12)28/h6-8,10,13,24-25H,4-5,9H2,1-3H3,(H,21,23)(H,22,27). The SMILES string of the molecule is CC(=O)NCC(=O)NC(CCC(C)C)C1=CC(=O)c2c(O)ccc(O)c2C1=O. The molecule has 1 aromatic carbocycles. The number of allylic oxidation sites excluding steroid dienone is 1. The highest BCUT2D eigenvalue weighted by Gasteiger charge is 2.34. The van der Waals surface area contributed by atoms with Gasteiger partial charge in [-0.25, -0.2) is 0 Å². The molecule has 150 valence electrons. The Labute approximate surface area is 162 Å². The molecule has 0 bridgehead atoms. The summed E-state index contributed by atoms with van der Waals surface area (Å²) in [4.78, 5) is 48.6. The molecule has 8 nitrogen and oxygen atoms in total. The number of ketones is 2. The van der Waals surface area contributed by atoms with Crippen molar-refractivity contribution in [3.05, 3.63) is 34.9 Å². The predicted molar refractivity (Wildman–Crippen MR) is 101 cm³/mol. The molecule has 0 aliphatic heterocycles. The molecule has 1 aliphatic carbocycles. The van der Waals surface area contributed by atoms with Gasteiger partial charge in [0.15, 0.2) is 11.6 Å². The molecule has 1 aliphatic rings. The third kappa shape index (κ3) is 4.76. The van der Waals surface area contributed by atoms with E-state index in [9.17, 15) is 29.4 Å². The van der Waals surface area contributed by atoms with Gasteiger partial charge in [-0.3, -0.25) is 19.2 Å². The van der Waals surface area contributed by atoms with Crippen LogP contribution in [0.25, 0.3) is 0 Å². The Morgan fingerprint density at radius 2 is 1.64 bits per heavy atom. The maximum atomic E-state index is 13.0. The minimum Gasteiger partial charge on any atom is -0.507 e. The van der Waals surface area contributed by atoms with Gasteiger partial charge in [-0.2, -0.15) is 0 Å². The van der Waals surface area contributed by atoms with Crippen LogP contribution in [-0.4, -0.2) is 46.2 Å². The van der Waals surface area contributed by atoms with Crippen LogP contribution < -0.4 is 10.6 Å². The van der Waals surface area contributed by atoms with Crippen molar-refractivity contribution in [1.82, 2.24) is 10.6 Å². The number of amides is 2. The Hall–Kier alpha value is -3.16. The molecular weight excluding hydrogens is 364 g/mol. The van der Waals surface area contributed by atoms with Gasteiger partial charge in [0.1, 0.15) is 11.5 Å². The van der Waals surface area contributed by atoms with Crippen molar-refractivity contribution in [2.75, 3.05) is 6.54 Å². The summed E-state index contributed by atoms with van der Waals surface area (Å²) >= 11 is 0. The van der Waals surface area contributed by atoms with Crippen molar-refractivity contribution >= 4 is 23.4 Å². The molecule has 0 saturated carbocycles. The second-order valence-electron chi connectivity index (χ2n) is 7.15. The van der Waals surface area contributed by atoms with Gasteiger partial charge in [0.2, 0.25) is 11.8 Å². The molecule has 28 heavy (non-hydrogen) atoms. The molecule has 1 aromatic rings. The van der Waals surface area contributed by atoms with E-state index < -0.39 is 35.0 Å². The summed E-state index contributed by atoms with van der Waals surface area (Å²) in [6, 6.07) is 1.51. The number of carbonyl (C=O) groups is 4. The molecular formula is C20H24N2O6. The van der Waals surface area contributed by atoms with Crippen molar-refractivity contribution in [3.63, 3.8) is 0 Å². The van der Waals surface area contributed by atoms with Crippen LogP contribution in [-0.2, 0) is 9.59 Å². The zero-order valence-electron chi connectivity index (χ0n) is 16.0. The highest BCUT2D eigenvalue weighted by molar-refractivity contribution is 6.27. The van der Waals surface area contributed by atoms with Crippen LogP contribution in [0.4, 0.5) is 0 Å². The summed E-state index contributed by atoms with van der Waals surface area (Å²) in [5.41, 5.74) is -0.482. The summed E-state index contributed by atoms with van der Waals surface area (Å²) in [6.45, 7) is 4.99. The highest BCUT2D eigenvalue weighted by atomic mass is 16.3. The largest absolute Gasteiger partial charge is 0.507 e. The number of hydrogen-bond donors (Lipinski definition) is 4. The van der Waals surface area contributed by atoms with Crippen molar-refractivity contribution in [2.45, 2.75) is 39.7 Å². The topological polar surface area (TPSA) is 133 Å². The quantitative estimate of drug-likeness (QED) is 0.523. The Morgan fingerprint density at radius 3 is 2.21 bits per heavy atom. The fourth-order valence-electron chi connectivity index (χ4n) is 3.00. The van der Waals surface area contributed by atoms with E-state index in [0.29, 0.717) is 12.8 Å². The zero-order valence-corrected chi connectivity index (χ0v) is 16.0. The predicted octanol–water partition coefficient (Wildman–Crippen LogP) is 1.46. The van der Waals surface area contributed by atoms with E-state index in [1.54, 1.807) is 0 Å². The van der Waals surface area contributed by atoms with Gasteiger partial charge >= 0.3 is 0 Å². The number of rotatable bonds is 7. The average Bonchev–Trinajstić information content (AvgIpc) is 2.61. The lowest BCUT2D eigenvalue weighted by molar-refractivity contribution is -0.125. The maximum absolute atomic E-state index is 13.0. The van der Waals surface area contributed by atoms with Gasteiger partial charge < -0.3 is 20.8 Å². The average molecular weight is 388 g/mol. The molecule has 8 heteroatoms. The molecule has 2 rings (SSSR count). The van der Waals surface area contributed by atoms with E-state index in [1.807, 2.05) is 13.8 Å². The van der Waals surface area contributed by atoms with Gasteiger partial charge in [0.05, 0.1) is 23.7 Å². The van der Waals surface area contributed by atoms with Crippen LogP contribution in [0.5, 0.6) is 11.5 Å². The first kappa shape index (κ1) is 21.1. The number of hydrogen-bond acceptors (Lipinski definition) is 6. The summed E-state index contributed by atoms with van der Waals surface area (Å²) in [5, 5.41) is 25.0. The van der Waals surface area contributed by atoms with E-state index in [2.05, 4.69) is 10.6 Å². The molecule has 4 N–H and O–H groups in total. The van der Waals surface area contributed by atoms with E-state index in [1.165, 1.54) is 6.92 Å². The van der Waals surface area contributed by atoms with Crippen molar-refractivity contribution in [2.24, 2.45) is 5.92 Å².